The highest BCUT2D eigenvalue weighted by Gasteiger charge is 2.25. The maximum atomic E-state index is 3.59. The molecule has 2 aromatic carbocycles. The van der Waals surface area contributed by atoms with Crippen LogP contribution in [0.3, 0.4) is 0 Å². The second kappa shape index (κ2) is 10.2. The van der Waals surface area contributed by atoms with Gasteiger partial charge >= 0.3 is 0 Å². The first-order valence-corrected chi connectivity index (χ1v) is 10.2. The van der Waals surface area contributed by atoms with E-state index in [0.717, 1.165) is 19.5 Å². The largest absolute Gasteiger partial charge is 0.277 e. The highest BCUT2D eigenvalue weighted by Crippen LogP contribution is 2.30. The van der Waals surface area contributed by atoms with Gasteiger partial charge in [0.15, 0.2) is 0 Å². The second-order valence-electron chi connectivity index (χ2n) is 7.33. The molecule has 0 saturated carbocycles. The molecule has 2 aromatic rings. The Morgan fingerprint density at radius 3 is 2.12 bits per heavy atom. The van der Waals surface area contributed by atoms with Crippen molar-refractivity contribution >= 4 is 0 Å². The van der Waals surface area contributed by atoms with E-state index in [-0.39, 0.29) is 6.04 Å². The second-order valence-corrected chi connectivity index (χ2v) is 7.33. The maximum absolute atomic E-state index is 3.59. The molecule has 0 N–H and O–H groups in total. The van der Waals surface area contributed by atoms with Crippen LogP contribution in [0.4, 0.5) is 0 Å². The summed E-state index contributed by atoms with van der Waals surface area (Å²) in [5, 5.41) is 0. The number of nitrogens with zero attached hydrogens (tertiary/aromatic N) is 1. The van der Waals surface area contributed by atoms with Gasteiger partial charge in [0.25, 0.3) is 0 Å². The summed E-state index contributed by atoms with van der Waals surface area (Å²) in [7, 11) is 0. The third kappa shape index (κ3) is 5.23. The van der Waals surface area contributed by atoms with Crippen molar-refractivity contribution in [1.82, 2.24) is 4.90 Å². The zero-order valence-corrected chi connectivity index (χ0v) is 16.1. The van der Waals surface area contributed by atoms with Gasteiger partial charge in [-0.3, -0.25) is 4.90 Å². The highest BCUT2D eigenvalue weighted by molar-refractivity contribution is 5.34. The molecular weight excluding hydrogens is 314 g/mol. The summed E-state index contributed by atoms with van der Waals surface area (Å²) in [6, 6.07) is 19.8. The van der Waals surface area contributed by atoms with Crippen LogP contribution in [-0.4, -0.2) is 4.90 Å². The number of hydrogen-bond donors (Lipinski definition) is 0. The van der Waals surface area contributed by atoms with Crippen LogP contribution in [0.25, 0.3) is 0 Å². The molecule has 0 saturated heterocycles. The molecule has 3 rings (SSSR count). The molecule has 0 fully saturated rings. The van der Waals surface area contributed by atoms with Crippen molar-refractivity contribution in [2.24, 2.45) is 0 Å². The fraction of sp³-hybridized carbons (Fsp3) is 0.440. The number of unbranched alkanes of at least 4 members (excludes halogenated alkanes) is 6. The SMILES string of the molecule is CCCCCCCCC#CC(c1ccccc1)N1Cc2ccccc2C1. The summed E-state index contributed by atoms with van der Waals surface area (Å²) in [4.78, 5) is 2.51. The van der Waals surface area contributed by atoms with Crippen molar-refractivity contribution in [3.63, 3.8) is 0 Å². The Hall–Kier alpha value is -2.04. The molecule has 1 atom stereocenters. The highest BCUT2D eigenvalue weighted by atomic mass is 15.2. The van der Waals surface area contributed by atoms with E-state index < -0.39 is 0 Å². The molecule has 26 heavy (non-hydrogen) atoms. The molecule has 0 aromatic heterocycles. The molecule has 1 unspecified atom stereocenters. The molecule has 1 nitrogen and oxygen atoms in total. The zero-order valence-electron chi connectivity index (χ0n) is 16.1. The molecule has 0 amide bonds. The summed E-state index contributed by atoms with van der Waals surface area (Å²) in [6.07, 6.45) is 9.00. The first-order valence-electron chi connectivity index (χ1n) is 10.2. The van der Waals surface area contributed by atoms with Gasteiger partial charge in [-0.15, -0.1) is 5.92 Å². The van der Waals surface area contributed by atoms with E-state index in [1.54, 1.807) is 0 Å². The Kier molecular flexibility index (Phi) is 7.35. The Morgan fingerprint density at radius 2 is 1.42 bits per heavy atom. The maximum Gasteiger partial charge on any atom is 0.0976 e. The first kappa shape index (κ1) is 18.7. The van der Waals surface area contributed by atoms with Gasteiger partial charge in [-0.05, 0) is 23.1 Å². The van der Waals surface area contributed by atoms with Crippen LogP contribution >= 0.6 is 0 Å². The first-order chi connectivity index (χ1) is 12.9. The van der Waals surface area contributed by atoms with E-state index in [0.29, 0.717) is 0 Å². The zero-order chi connectivity index (χ0) is 18.0. The monoisotopic (exact) mass is 345 g/mol. The van der Waals surface area contributed by atoms with Gasteiger partial charge in [0, 0.05) is 19.5 Å². The molecular formula is C25H31N. The van der Waals surface area contributed by atoms with Gasteiger partial charge in [0.2, 0.25) is 0 Å². The Bertz CT molecular complexity index is 698. The van der Waals surface area contributed by atoms with Crippen LogP contribution in [0.5, 0.6) is 0 Å². The van der Waals surface area contributed by atoms with E-state index in [4.69, 9.17) is 0 Å². The minimum absolute atomic E-state index is 0.198. The fourth-order valence-electron chi connectivity index (χ4n) is 3.73. The predicted molar refractivity (Wildman–Crippen MR) is 111 cm³/mol. The van der Waals surface area contributed by atoms with Crippen molar-refractivity contribution in [2.45, 2.75) is 71.0 Å². The van der Waals surface area contributed by atoms with E-state index in [1.165, 1.54) is 55.2 Å². The van der Waals surface area contributed by atoms with Crippen molar-refractivity contribution in [3.8, 4) is 11.8 Å². The van der Waals surface area contributed by atoms with E-state index in [1.807, 2.05) is 0 Å². The number of benzene rings is 2. The molecule has 1 aliphatic heterocycles. The van der Waals surface area contributed by atoms with Gasteiger partial charge in [-0.2, -0.15) is 0 Å². The van der Waals surface area contributed by atoms with E-state index in [9.17, 15) is 0 Å². The van der Waals surface area contributed by atoms with Crippen LogP contribution < -0.4 is 0 Å². The normalized spacial score (nSPS) is 14.5. The lowest BCUT2D eigenvalue weighted by molar-refractivity contribution is 0.244. The average Bonchev–Trinajstić information content (AvgIpc) is 3.11. The molecule has 0 spiro atoms. The lowest BCUT2D eigenvalue weighted by Gasteiger charge is -2.23. The van der Waals surface area contributed by atoms with E-state index in [2.05, 4.69) is 78.3 Å². The van der Waals surface area contributed by atoms with Gasteiger partial charge in [0.1, 0.15) is 0 Å². The summed E-state index contributed by atoms with van der Waals surface area (Å²) >= 11 is 0. The summed E-state index contributed by atoms with van der Waals surface area (Å²) < 4.78 is 0. The Balaban J connectivity index is 1.60. The third-order valence-corrected chi connectivity index (χ3v) is 5.24. The van der Waals surface area contributed by atoms with Gasteiger partial charge < -0.3 is 0 Å². The lowest BCUT2D eigenvalue weighted by atomic mass is 10.1. The molecule has 1 heteroatoms. The fourth-order valence-corrected chi connectivity index (χ4v) is 3.73. The number of hydrogen-bond acceptors (Lipinski definition) is 1. The molecule has 0 bridgehead atoms. The minimum Gasteiger partial charge on any atom is -0.277 e. The predicted octanol–water partition coefficient (Wildman–Crippen LogP) is 6.50. The quantitative estimate of drug-likeness (QED) is 0.390. The summed E-state index contributed by atoms with van der Waals surface area (Å²) in [5.41, 5.74) is 4.22. The van der Waals surface area contributed by atoms with Crippen LogP contribution in [0.1, 0.15) is 74.6 Å². The minimum atomic E-state index is 0.198. The topological polar surface area (TPSA) is 3.24 Å². The van der Waals surface area contributed by atoms with Crippen LogP contribution in [-0.2, 0) is 13.1 Å². The van der Waals surface area contributed by atoms with Crippen LogP contribution in [0, 0.1) is 11.8 Å². The van der Waals surface area contributed by atoms with Crippen LogP contribution in [0.2, 0.25) is 0 Å². The average molecular weight is 346 g/mol. The number of rotatable bonds is 8. The lowest BCUT2D eigenvalue weighted by Crippen LogP contribution is -2.22. The third-order valence-electron chi connectivity index (χ3n) is 5.24. The molecule has 1 aliphatic rings. The molecule has 0 radical (unpaired) electrons. The molecule has 0 aliphatic carbocycles. The molecule has 1 heterocycles. The summed E-state index contributed by atoms with van der Waals surface area (Å²) in [6.45, 7) is 4.27. The summed E-state index contributed by atoms with van der Waals surface area (Å²) in [5.74, 6) is 7.08. The van der Waals surface area contributed by atoms with Gasteiger partial charge in [-0.25, -0.2) is 0 Å². The molecule has 136 valence electrons. The van der Waals surface area contributed by atoms with Crippen molar-refractivity contribution in [3.05, 3.63) is 71.3 Å². The number of fused-ring (bicyclic) bond motifs is 1. The van der Waals surface area contributed by atoms with E-state index >= 15 is 0 Å². The van der Waals surface area contributed by atoms with Gasteiger partial charge in [-0.1, -0.05) is 99.5 Å². The Morgan fingerprint density at radius 1 is 0.808 bits per heavy atom. The van der Waals surface area contributed by atoms with Gasteiger partial charge in [0.05, 0.1) is 6.04 Å². The smallest absolute Gasteiger partial charge is 0.0976 e. The van der Waals surface area contributed by atoms with Crippen molar-refractivity contribution in [1.29, 1.82) is 0 Å². The Labute approximate surface area is 159 Å². The van der Waals surface area contributed by atoms with Crippen molar-refractivity contribution < 1.29 is 0 Å². The standard InChI is InChI=1S/C25H31N/c1-2-3-4-5-6-7-8-12-19-25(22-15-10-9-11-16-22)26-20-23-17-13-14-18-24(23)21-26/h9-11,13-18,25H,2-8,20-21H2,1H3. The van der Waals surface area contributed by atoms with Crippen LogP contribution in [0.15, 0.2) is 54.6 Å². The van der Waals surface area contributed by atoms with Crippen molar-refractivity contribution in [2.75, 3.05) is 0 Å².